The van der Waals surface area contributed by atoms with Crippen LogP contribution in [0.2, 0.25) is 0 Å². The summed E-state index contributed by atoms with van der Waals surface area (Å²) in [6.45, 7) is 11.5. The summed E-state index contributed by atoms with van der Waals surface area (Å²) in [5, 5.41) is 3.18. The number of hydrogen-bond acceptors (Lipinski definition) is 4. The van der Waals surface area contributed by atoms with Crippen LogP contribution < -0.4 is 10.2 Å². The highest BCUT2D eigenvalue weighted by molar-refractivity contribution is 5.33. The predicted octanol–water partition coefficient (Wildman–Crippen LogP) is 2.34. The summed E-state index contributed by atoms with van der Waals surface area (Å²) in [7, 11) is 1.97. The van der Waals surface area contributed by atoms with E-state index in [1.54, 1.807) is 0 Å². The van der Waals surface area contributed by atoms with Crippen LogP contribution in [0.3, 0.4) is 0 Å². The van der Waals surface area contributed by atoms with Gasteiger partial charge in [0.1, 0.15) is 0 Å². The molecule has 0 aromatic carbocycles. The average molecular weight is 250 g/mol. The fourth-order valence-electron chi connectivity index (χ4n) is 1.84. The van der Waals surface area contributed by atoms with E-state index < -0.39 is 0 Å². The predicted molar refractivity (Wildman–Crippen MR) is 77.3 cm³/mol. The first kappa shape index (κ1) is 14.9. The molecular formula is C14H26N4. The van der Waals surface area contributed by atoms with E-state index >= 15 is 0 Å². The molecule has 0 amide bonds. The van der Waals surface area contributed by atoms with Crippen LogP contribution in [0.4, 0.5) is 5.95 Å². The molecule has 1 N–H and O–H groups in total. The van der Waals surface area contributed by atoms with Crippen LogP contribution in [-0.2, 0) is 0 Å². The lowest BCUT2D eigenvalue weighted by Crippen LogP contribution is -2.33. The fraction of sp³-hybridized carbons (Fsp3) is 0.714. The van der Waals surface area contributed by atoms with E-state index in [9.17, 15) is 0 Å². The van der Waals surface area contributed by atoms with Gasteiger partial charge in [-0.15, -0.1) is 0 Å². The number of aromatic nitrogens is 2. The topological polar surface area (TPSA) is 41.0 Å². The molecule has 0 saturated heterocycles. The molecule has 0 aliphatic rings. The van der Waals surface area contributed by atoms with Crippen molar-refractivity contribution in [2.45, 2.75) is 40.0 Å². The zero-order valence-corrected chi connectivity index (χ0v) is 12.3. The van der Waals surface area contributed by atoms with Gasteiger partial charge in [-0.2, -0.15) is 0 Å². The number of hydrogen-bond donors (Lipinski definition) is 1. The average Bonchev–Trinajstić information content (AvgIpc) is 2.33. The first-order chi connectivity index (χ1) is 8.58. The lowest BCUT2D eigenvalue weighted by atomic mass is 10.1. The van der Waals surface area contributed by atoms with Gasteiger partial charge in [-0.25, -0.2) is 9.97 Å². The van der Waals surface area contributed by atoms with Crippen molar-refractivity contribution in [2.24, 2.45) is 0 Å². The zero-order chi connectivity index (χ0) is 13.5. The Bertz CT molecular complexity index is 363. The van der Waals surface area contributed by atoms with Crippen molar-refractivity contribution in [3.05, 3.63) is 17.5 Å². The monoisotopic (exact) mass is 250 g/mol. The van der Waals surface area contributed by atoms with E-state index in [2.05, 4.69) is 42.0 Å². The first-order valence-corrected chi connectivity index (χ1v) is 6.83. The van der Waals surface area contributed by atoms with Gasteiger partial charge in [0, 0.05) is 31.0 Å². The lowest BCUT2D eigenvalue weighted by Gasteiger charge is -2.23. The summed E-state index contributed by atoms with van der Waals surface area (Å²) in [6.07, 6.45) is 1.11. The highest BCUT2D eigenvalue weighted by Gasteiger charge is 2.11. The minimum absolute atomic E-state index is 0.443. The Hall–Kier alpha value is -1.16. The molecule has 0 aliphatic heterocycles. The fourth-order valence-corrected chi connectivity index (χ4v) is 1.84. The number of likely N-dealkylation sites (N-methyl/N-ethyl adjacent to an activating group) is 1. The summed E-state index contributed by atoms with van der Waals surface area (Å²) >= 11 is 0. The molecule has 1 heterocycles. The molecule has 0 spiro atoms. The summed E-state index contributed by atoms with van der Waals surface area (Å²) in [5.74, 6) is 1.31. The maximum absolute atomic E-state index is 4.69. The quantitative estimate of drug-likeness (QED) is 0.806. The summed E-state index contributed by atoms with van der Waals surface area (Å²) in [4.78, 5) is 11.5. The van der Waals surface area contributed by atoms with E-state index in [1.807, 2.05) is 14.0 Å². The van der Waals surface area contributed by atoms with Gasteiger partial charge in [-0.3, -0.25) is 0 Å². The minimum atomic E-state index is 0.443. The van der Waals surface area contributed by atoms with E-state index in [1.165, 1.54) is 0 Å². The zero-order valence-electron chi connectivity index (χ0n) is 12.3. The van der Waals surface area contributed by atoms with Gasteiger partial charge in [0.15, 0.2) is 0 Å². The summed E-state index contributed by atoms with van der Waals surface area (Å²) in [6, 6.07) is 2.08. The molecule has 0 bridgehead atoms. The smallest absolute Gasteiger partial charge is 0.225 e. The van der Waals surface area contributed by atoms with E-state index in [-0.39, 0.29) is 0 Å². The van der Waals surface area contributed by atoms with Gasteiger partial charge >= 0.3 is 0 Å². The SMILES string of the molecule is CCCN(CCNC)c1nc(C)cc(C(C)C)n1. The number of rotatable bonds is 7. The van der Waals surface area contributed by atoms with Gasteiger partial charge in [-0.05, 0) is 32.4 Å². The van der Waals surface area contributed by atoms with Crippen LogP contribution in [0.25, 0.3) is 0 Å². The highest BCUT2D eigenvalue weighted by atomic mass is 15.3. The highest BCUT2D eigenvalue weighted by Crippen LogP contribution is 2.16. The molecule has 0 aliphatic carbocycles. The Balaban J connectivity index is 2.95. The van der Waals surface area contributed by atoms with Crippen molar-refractivity contribution in [3.8, 4) is 0 Å². The van der Waals surface area contributed by atoms with Gasteiger partial charge in [0.05, 0.1) is 0 Å². The standard InChI is InChI=1S/C14H26N4/c1-6-8-18(9-7-15-5)14-16-12(4)10-13(17-14)11(2)3/h10-11,15H,6-9H2,1-5H3. The second kappa shape index (κ2) is 7.31. The number of nitrogens with zero attached hydrogens (tertiary/aromatic N) is 3. The molecule has 0 atom stereocenters. The van der Waals surface area contributed by atoms with Crippen LogP contribution in [0.1, 0.15) is 44.5 Å². The normalized spacial score (nSPS) is 11.0. The molecule has 0 unspecified atom stereocenters. The molecule has 18 heavy (non-hydrogen) atoms. The van der Waals surface area contributed by atoms with Gasteiger partial charge in [0.2, 0.25) is 5.95 Å². The molecule has 0 fully saturated rings. The van der Waals surface area contributed by atoms with Gasteiger partial charge < -0.3 is 10.2 Å². The molecule has 102 valence electrons. The molecular weight excluding hydrogens is 224 g/mol. The van der Waals surface area contributed by atoms with Gasteiger partial charge in [-0.1, -0.05) is 20.8 Å². The third-order valence-corrected chi connectivity index (χ3v) is 2.86. The van der Waals surface area contributed by atoms with Crippen LogP contribution in [-0.4, -0.2) is 36.6 Å². The Morgan fingerprint density at radius 3 is 2.56 bits per heavy atom. The van der Waals surface area contributed by atoms with Crippen molar-refractivity contribution in [2.75, 3.05) is 31.6 Å². The molecule has 4 nitrogen and oxygen atoms in total. The Morgan fingerprint density at radius 1 is 1.28 bits per heavy atom. The number of anilines is 1. The van der Waals surface area contributed by atoms with Crippen LogP contribution in [0.5, 0.6) is 0 Å². The largest absolute Gasteiger partial charge is 0.340 e. The van der Waals surface area contributed by atoms with E-state index in [4.69, 9.17) is 4.98 Å². The minimum Gasteiger partial charge on any atom is -0.340 e. The molecule has 0 saturated carbocycles. The van der Waals surface area contributed by atoms with Gasteiger partial charge in [0.25, 0.3) is 0 Å². The molecule has 1 rings (SSSR count). The van der Waals surface area contributed by atoms with Crippen molar-refractivity contribution < 1.29 is 0 Å². The number of aryl methyl sites for hydroxylation is 1. The second-order valence-electron chi connectivity index (χ2n) is 4.98. The van der Waals surface area contributed by atoms with Crippen molar-refractivity contribution in [1.82, 2.24) is 15.3 Å². The Labute approximate surface area is 111 Å². The van der Waals surface area contributed by atoms with E-state index in [0.29, 0.717) is 5.92 Å². The molecule has 1 aromatic heterocycles. The molecule has 1 aromatic rings. The summed E-state index contributed by atoms with van der Waals surface area (Å²) < 4.78 is 0. The van der Waals surface area contributed by atoms with Crippen LogP contribution >= 0.6 is 0 Å². The third-order valence-electron chi connectivity index (χ3n) is 2.86. The Morgan fingerprint density at radius 2 is 2.00 bits per heavy atom. The Kier molecular flexibility index (Phi) is 6.05. The molecule has 0 radical (unpaired) electrons. The maximum atomic E-state index is 4.69. The summed E-state index contributed by atoms with van der Waals surface area (Å²) in [5.41, 5.74) is 2.18. The lowest BCUT2D eigenvalue weighted by molar-refractivity contribution is 0.684. The van der Waals surface area contributed by atoms with Crippen molar-refractivity contribution in [3.63, 3.8) is 0 Å². The van der Waals surface area contributed by atoms with Crippen molar-refractivity contribution in [1.29, 1.82) is 0 Å². The van der Waals surface area contributed by atoms with Crippen molar-refractivity contribution >= 4 is 5.95 Å². The van der Waals surface area contributed by atoms with E-state index in [0.717, 1.165) is 43.4 Å². The third kappa shape index (κ3) is 4.26. The first-order valence-electron chi connectivity index (χ1n) is 6.83. The molecule has 4 heteroatoms. The second-order valence-corrected chi connectivity index (χ2v) is 4.98. The van der Waals surface area contributed by atoms with Crippen LogP contribution in [0, 0.1) is 6.92 Å². The van der Waals surface area contributed by atoms with Crippen LogP contribution in [0.15, 0.2) is 6.07 Å². The maximum Gasteiger partial charge on any atom is 0.225 e. The number of nitrogens with one attached hydrogen (secondary N) is 1.